The summed E-state index contributed by atoms with van der Waals surface area (Å²) in [6, 6.07) is 9.14. The van der Waals surface area contributed by atoms with Crippen molar-refractivity contribution in [3.63, 3.8) is 0 Å². The van der Waals surface area contributed by atoms with E-state index in [4.69, 9.17) is 10.5 Å². The molecular weight excluding hydrogens is 248 g/mol. The Morgan fingerprint density at radius 1 is 1.45 bits per heavy atom. The third-order valence-corrected chi connectivity index (χ3v) is 4.25. The highest BCUT2D eigenvalue weighted by Gasteiger charge is 2.26. The fraction of sp³-hybridized carbons (Fsp3) is 0.647. The Labute approximate surface area is 123 Å². The molecule has 3 unspecified atom stereocenters. The Balaban J connectivity index is 2.13. The van der Waals surface area contributed by atoms with Crippen LogP contribution in [0.25, 0.3) is 0 Å². The van der Waals surface area contributed by atoms with Crippen molar-refractivity contribution in [2.75, 3.05) is 20.2 Å². The molecule has 3 nitrogen and oxygen atoms in total. The second-order valence-corrected chi connectivity index (χ2v) is 6.01. The summed E-state index contributed by atoms with van der Waals surface area (Å²) in [5.41, 5.74) is 9.00. The predicted molar refractivity (Wildman–Crippen MR) is 83.8 cm³/mol. The SMILES string of the molecule is CCC(N)C(c1cccc(C)c1)N(C)CC1CCCO1. The van der Waals surface area contributed by atoms with Crippen LogP contribution in [0.1, 0.15) is 43.4 Å². The van der Waals surface area contributed by atoms with Gasteiger partial charge in [-0.05, 0) is 38.8 Å². The lowest BCUT2D eigenvalue weighted by Crippen LogP contribution is -2.42. The van der Waals surface area contributed by atoms with Crippen LogP contribution in [-0.4, -0.2) is 37.2 Å². The molecule has 3 heteroatoms. The van der Waals surface area contributed by atoms with Gasteiger partial charge in [0.1, 0.15) is 0 Å². The van der Waals surface area contributed by atoms with Gasteiger partial charge in [-0.3, -0.25) is 4.90 Å². The lowest BCUT2D eigenvalue weighted by atomic mass is 9.95. The van der Waals surface area contributed by atoms with Crippen molar-refractivity contribution in [3.05, 3.63) is 35.4 Å². The highest BCUT2D eigenvalue weighted by Crippen LogP contribution is 2.26. The molecule has 0 saturated carbocycles. The second-order valence-electron chi connectivity index (χ2n) is 6.01. The van der Waals surface area contributed by atoms with Crippen molar-refractivity contribution in [2.45, 2.75) is 51.3 Å². The summed E-state index contributed by atoms with van der Waals surface area (Å²) < 4.78 is 5.76. The van der Waals surface area contributed by atoms with Gasteiger partial charge in [0.25, 0.3) is 0 Å². The van der Waals surface area contributed by atoms with E-state index in [1.165, 1.54) is 24.0 Å². The first-order chi connectivity index (χ1) is 9.61. The minimum absolute atomic E-state index is 0.156. The maximum atomic E-state index is 6.39. The first kappa shape index (κ1) is 15.5. The highest BCUT2D eigenvalue weighted by atomic mass is 16.5. The average Bonchev–Trinajstić information content (AvgIpc) is 2.91. The molecule has 3 atom stereocenters. The molecule has 0 radical (unpaired) electrons. The van der Waals surface area contributed by atoms with Crippen molar-refractivity contribution in [2.24, 2.45) is 5.73 Å². The summed E-state index contributed by atoms with van der Waals surface area (Å²) in [6.45, 7) is 6.17. The van der Waals surface area contributed by atoms with Crippen molar-refractivity contribution < 1.29 is 4.74 Å². The van der Waals surface area contributed by atoms with E-state index in [-0.39, 0.29) is 12.1 Å². The monoisotopic (exact) mass is 276 g/mol. The van der Waals surface area contributed by atoms with E-state index >= 15 is 0 Å². The average molecular weight is 276 g/mol. The predicted octanol–water partition coefficient (Wildman–Crippen LogP) is 2.88. The molecule has 0 aromatic heterocycles. The van der Waals surface area contributed by atoms with Crippen molar-refractivity contribution in [1.29, 1.82) is 0 Å². The summed E-state index contributed by atoms with van der Waals surface area (Å²) in [6.07, 6.45) is 3.71. The lowest BCUT2D eigenvalue weighted by Gasteiger charge is -2.34. The van der Waals surface area contributed by atoms with Gasteiger partial charge in [-0.25, -0.2) is 0 Å². The molecule has 1 aromatic carbocycles. The summed E-state index contributed by atoms with van der Waals surface area (Å²) in [5.74, 6) is 0. The van der Waals surface area contributed by atoms with E-state index in [1.54, 1.807) is 0 Å². The van der Waals surface area contributed by atoms with Gasteiger partial charge in [0.15, 0.2) is 0 Å². The number of hydrogen-bond donors (Lipinski definition) is 1. The van der Waals surface area contributed by atoms with Crippen molar-refractivity contribution in [3.8, 4) is 0 Å². The minimum atomic E-state index is 0.156. The molecule has 0 aliphatic carbocycles. The van der Waals surface area contributed by atoms with E-state index in [0.717, 1.165) is 19.6 Å². The van der Waals surface area contributed by atoms with Crippen LogP contribution in [0.15, 0.2) is 24.3 Å². The van der Waals surface area contributed by atoms with Crippen LogP contribution in [0, 0.1) is 6.92 Å². The maximum Gasteiger partial charge on any atom is 0.0702 e. The third-order valence-electron chi connectivity index (χ3n) is 4.25. The smallest absolute Gasteiger partial charge is 0.0702 e. The van der Waals surface area contributed by atoms with Crippen LogP contribution >= 0.6 is 0 Å². The zero-order chi connectivity index (χ0) is 14.5. The Hall–Kier alpha value is -0.900. The zero-order valence-corrected chi connectivity index (χ0v) is 13.0. The van der Waals surface area contributed by atoms with Crippen LogP contribution in [-0.2, 0) is 4.74 Å². The molecule has 1 aromatic rings. The fourth-order valence-corrected chi connectivity index (χ4v) is 3.13. The van der Waals surface area contributed by atoms with Crippen LogP contribution < -0.4 is 5.73 Å². The van der Waals surface area contributed by atoms with Crippen LogP contribution in [0.2, 0.25) is 0 Å². The Morgan fingerprint density at radius 3 is 2.85 bits per heavy atom. The second kappa shape index (κ2) is 7.21. The number of nitrogens with two attached hydrogens (primary N) is 1. The number of ether oxygens (including phenoxy) is 1. The van der Waals surface area contributed by atoms with E-state index < -0.39 is 0 Å². The standard InChI is InChI=1S/C17H28N2O/c1-4-16(18)17(14-8-5-7-13(2)11-14)19(3)12-15-9-6-10-20-15/h5,7-8,11,15-17H,4,6,9-10,12,18H2,1-3H3. The first-order valence-electron chi connectivity index (χ1n) is 7.75. The summed E-state index contributed by atoms with van der Waals surface area (Å²) >= 11 is 0. The molecule has 1 aliphatic heterocycles. The summed E-state index contributed by atoms with van der Waals surface area (Å²) in [4.78, 5) is 2.37. The number of aryl methyl sites for hydroxylation is 1. The van der Waals surface area contributed by atoms with E-state index in [2.05, 4.69) is 50.1 Å². The Bertz CT molecular complexity index is 415. The molecular formula is C17H28N2O. The zero-order valence-electron chi connectivity index (χ0n) is 13.0. The van der Waals surface area contributed by atoms with Gasteiger partial charge >= 0.3 is 0 Å². The van der Waals surface area contributed by atoms with Gasteiger partial charge in [0, 0.05) is 25.2 Å². The van der Waals surface area contributed by atoms with Gasteiger partial charge < -0.3 is 10.5 Å². The van der Waals surface area contributed by atoms with Crippen LogP contribution in [0.4, 0.5) is 0 Å². The third kappa shape index (κ3) is 3.81. The molecule has 0 bridgehead atoms. The topological polar surface area (TPSA) is 38.5 Å². The fourth-order valence-electron chi connectivity index (χ4n) is 3.13. The molecule has 112 valence electrons. The normalized spacial score (nSPS) is 22.1. The molecule has 1 saturated heterocycles. The number of nitrogens with zero attached hydrogens (tertiary/aromatic N) is 1. The van der Waals surface area contributed by atoms with Crippen molar-refractivity contribution >= 4 is 0 Å². The molecule has 1 aliphatic rings. The highest BCUT2D eigenvalue weighted by molar-refractivity contribution is 5.26. The van der Waals surface area contributed by atoms with Gasteiger partial charge in [0.05, 0.1) is 6.10 Å². The summed E-state index contributed by atoms with van der Waals surface area (Å²) in [5, 5.41) is 0. The van der Waals surface area contributed by atoms with Gasteiger partial charge in [-0.1, -0.05) is 36.8 Å². The van der Waals surface area contributed by atoms with E-state index in [0.29, 0.717) is 6.10 Å². The first-order valence-corrected chi connectivity index (χ1v) is 7.75. The van der Waals surface area contributed by atoms with E-state index in [1.807, 2.05) is 0 Å². The largest absolute Gasteiger partial charge is 0.377 e. The molecule has 0 spiro atoms. The van der Waals surface area contributed by atoms with Gasteiger partial charge in [0.2, 0.25) is 0 Å². The molecule has 0 amide bonds. The van der Waals surface area contributed by atoms with Crippen molar-refractivity contribution in [1.82, 2.24) is 4.90 Å². The maximum absolute atomic E-state index is 6.39. The number of rotatable bonds is 6. The minimum Gasteiger partial charge on any atom is -0.377 e. The molecule has 20 heavy (non-hydrogen) atoms. The summed E-state index contributed by atoms with van der Waals surface area (Å²) in [7, 11) is 2.17. The van der Waals surface area contributed by atoms with Gasteiger partial charge in [-0.15, -0.1) is 0 Å². The number of benzene rings is 1. The lowest BCUT2D eigenvalue weighted by molar-refractivity contribution is 0.0628. The number of hydrogen-bond acceptors (Lipinski definition) is 3. The van der Waals surface area contributed by atoms with Crippen LogP contribution in [0.3, 0.4) is 0 Å². The molecule has 2 N–H and O–H groups in total. The van der Waals surface area contributed by atoms with Gasteiger partial charge in [-0.2, -0.15) is 0 Å². The Morgan fingerprint density at radius 2 is 2.25 bits per heavy atom. The quantitative estimate of drug-likeness (QED) is 0.868. The van der Waals surface area contributed by atoms with Crippen LogP contribution in [0.5, 0.6) is 0 Å². The molecule has 2 rings (SSSR count). The Kier molecular flexibility index (Phi) is 5.58. The number of likely N-dealkylation sites (N-methyl/N-ethyl adjacent to an activating group) is 1. The van der Waals surface area contributed by atoms with E-state index in [9.17, 15) is 0 Å². The molecule has 1 heterocycles. The molecule has 1 fully saturated rings.